The van der Waals surface area contributed by atoms with E-state index in [4.69, 9.17) is 0 Å². The van der Waals surface area contributed by atoms with Crippen molar-refractivity contribution in [1.29, 1.82) is 0 Å². The first-order chi connectivity index (χ1) is 18.0. The Balaban J connectivity index is -0.000000819. The van der Waals surface area contributed by atoms with Crippen LogP contribution in [0, 0.1) is 12.8 Å². The number of nitrogens with one attached hydrogen (secondary N) is 1. The highest BCUT2D eigenvalue weighted by atomic mass is 31.0. The van der Waals surface area contributed by atoms with Crippen LogP contribution in [0.5, 0.6) is 0 Å². The molecule has 37 heavy (non-hydrogen) atoms. The summed E-state index contributed by atoms with van der Waals surface area (Å²) in [6.45, 7) is 28.1. The van der Waals surface area contributed by atoms with Crippen molar-refractivity contribution in [2.75, 3.05) is 57.4 Å². The molecule has 1 saturated heterocycles. The number of piperazine rings is 1. The molecule has 0 bridgehead atoms. The number of hydrogen-bond donors (Lipinski definition) is 1. The molecule has 2 rings (SSSR count). The molecule has 5 nitrogen and oxygen atoms in total. The molecule has 1 aromatic heterocycles. The maximum Gasteiger partial charge on any atom is 0.135 e. The summed E-state index contributed by atoms with van der Waals surface area (Å²) in [4.78, 5) is 14.2. The number of aryl methyl sites for hydroxylation is 1. The number of terminal acetylenes is 1. The molecular weight excluding hydrogens is 473 g/mol. The van der Waals surface area contributed by atoms with Crippen LogP contribution in [-0.2, 0) is 12.8 Å². The number of aromatic nitrogens is 2. The molecule has 1 aromatic rings. The lowest BCUT2D eigenvalue weighted by atomic mass is 10.1. The van der Waals surface area contributed by atoms with Crippen LogP contribution >= 0.6 is 9.24 Å². The number of allylic oxidation sites excluding steroid dienone is 2. The zero-order chi connectivity index (χ0) is 28.9. The van der Waals surface area contributed by atoms with Gasteiger partial charge in [0, 0.05) is 37.4 Å². The minimum atomic E-state index is 0.971. The van der Waals surface area contributed by atoms with Gasteiger partial charge in [-0.3, -0.25) is 4.90 Å². The van der Waals surface area contributed by atoms with Crippen LogP contribution < -0.4 is 10.2 Å². The minimum absolute atomic E-state index is 0.971. The second-order valence-corrected chi connectivity index (χ2v) is 8.68. The van der Waals surface area contributed by atoms with Gasteiger partial charge in [-0.25, -0.2) is 9.97 Å². The summed E-state index contributed by atoms with van der Waals surface area (Å²) in [6, 6.07) is 0. The van der Waals surface area contributed by atoms with E-state index >= 15 is 0 Å². The summed E-state index contributed by atoms with van der Waals surface area (Å²) in [5.41, 5.74) is 3.80. The third kappa shape index (κ3) is 21.0. The van der Waals surface area contributed by atoms with Crippen LogP contribution in [0.15, 0.2) is 30.6 Å². The Morgan fingerprint density at radius 2 is 1.62 bits per heavy atom. The van der Waals surface area contributed by atoms with Crippen molar-refractivity contribution >= 4 is 15.1 Å². The average Bonchev–Trinajstić information content (AvgIpc) is 2.94. The molecule has 1 unspecified atom stereocenters. The number of hydrogen-bond acceptors (Lipinski definition) is 5. The van der Waals surface area contributed by atoms with E-state index in [-0.39, 0.29) is 0 Å². The molecule has 6 heteroatoms. The van der Waals surface area contributed by atoms with Gasteiger partial charge < -0.3 is 10.2 Å². The summed E-state index contributed by atoms with van der Waals surface area (Å²) in [6.07, 6.45) is 20.7. The molecule has 0 aliphatic carbocycles. The van der Waals surface area contributed by atoms with Gasteiger partial charge in [0.1, 0.15) is 12.1 Å². The van der Waals surface area contributed by atoms with Crippen molar-refractivity contribution < 1.29 is 0 Å². The first-order valence-electron chi connectivity index (χ1n) is 14.2. The molecule has 1 N–H and O–H groups in total. The predicted octanol–water partition coefficient (Wildman–Crippen LogP) is 6.80. The van der Waals surface area contributed by atoms with E-state index in [1.165, 1.54) is 42.0 Å². The maximum atomic E-state index is 4.67. The fourth-order valence-corrected chi connectivity index (χ4v) is 3.46. The van der Waals surface area contributed by atoms with E-state index < -0.39 is 0 Å². The fraction of sp³-hybridized carbons (Fsp3) is 0.677. The lowest BCUT2D eigenvalue weighted by Crippen LogP contribution is -2.47. The van der Waals surface area contributed by atoms with Gasteiger partial charge in [0.2, 0.25) is 0 Å². The molecule has 0 saturated carbocycles. The molecule has 2 heterocycles. The van der Waals surface area contributed by atoms with E-state index in [0.717, 1.165) is 65.0 Å². The second-order valence-electron chi connectivity index (χ2n) is 8.68. The van der Waals surface area contributed by atoms with Gasteiger partial charge in [-0.2, -0.15) is 0 Å². The quantitative estimate of drug-likeness (QED) is 0.147. The van der Waals surface area contributed by atoms with Gasteiger partial charge in [-0.15, -0.1) is 28.7 Å². The molecule has 0 radical (unpaired) electrons. The minimum Gasteiger partial charge on any atom is -0.354 e. The monoisotopic (exact) mass is 533 g/mol. The second kappa shape index (κ2) is 30.5. The van der Waals surface area contributed by atoms with Crippen LogP contribution in [0.1, 0.15) is 85.4 Å². The first kappa shape index (κ1) is 39.8. The van der Waals surface area contributed by atoms with Crippen LogP contribution in [-0.4, -0.2) is 67.3 Å². The van der Waals surface area contributed by atoms with Crippen molar-refractivity contribution in [3.63, 3.8) is 0 Å². The summed E-state index contributed by atoms with van der Waals surface area (Å²) in [7, 11) is 2.42. The van der Waals surface area contributed by atoms with Gasteiger partial charge in [0.05, 0.1) is 0 Å². The van der Waals surface area contributed by atoms with E-state index in [9.17, 15) is 0 Å². The van der Waals surface area contributed by atoms with Crippen molar-refractivity contribution in [1.82, 2.24) is 20.2 Å². The van der Waals surface area contributed by atoms with Gasteiger partial charge >= 0.3 is 0 Å². The Kier molecular flexibility index (Phi) is 32.8. The normalized spacial score (nSPS) is 12.6. The average molecular weight is 534 g/mol. The summed E-state index contributed by atoms with van der Waals surface area (Å²) in [5, 5.41) is 3.54. The van der Waals surface area contributed by atoms with E-state index in [1.807, 2.05) is 13.6 Å². The highest BCUT2D eigenvalue weighted by Crippen LogP contribution is 2.22. The molecule has 0 amide bonds. The summed E-state index contributed by atoms with van der Waals surface area (Å²) in [5.74, 6) is 1.17. The van der Waals surface area contributed by atoms with Gasteiger partial charge in [0.25, 0.3) is 0 Å². The lowest BCUT2D eigenvalue weighted by molar-refractivity contribution is 0.257. The molecule has 1 aliphatic heterocycles. The topological polar surface area (TPSA) is 44.3 Å². The zero-order valence-electron chi connectivity index (χ0n) is 25.7. The van der Waals surface area contributed by atoms with E-state index in [1.54, 1.807) is 6.33 Å². The molecule has 214 valence electrons. The molecule has 1 aliphatic rings. The standard InChI is InChI=1S/C20H35N5.C5H10.C3H8.C2H2.CH5P/c1-4-7-8-10-21-11-9-18-19(6-3)22-17-23-20(18)25-15-13-24(12-5-2)14-16-25;1-4-5(2)3;1-3-2;2*1-2/h4,7,17,21H,5-6,8-16H2,1-3H3;2,4H2,1,3H3;3H2,1-2H3;1-2H;2H2,1H3/b7-4-;;;;. The van der Waals surface area contributed by atoms with Crippen molar-refractivity contribution in [2.24, 2.45) is 0 Å². The van der Waals surface area contributed by atoms with Gasteiger partial charge in [-0.05, 0) is 65.6 Å². The fourth-order valence-electron chi connectivity index (χ4n) is 3.46. The van der Waals surface area contributed by atoms with Crippen molar-refractivity contribution in [3.05, 3.63) is 41.9 Å². The van der Waals surface area contributed by atoms with Gasteiger partial charge in [-0.1, -0.05) is 65.4 Å². The Hall–Kier alpha value is -1.73. The van der Waals surface area contributed by atoms with Crippen molar-refractivity contribution in [3.8, 4) is 12.8 Å². The van der Waals surface area contributed by atoms with Crippen LogP contribution in [0.2, 0.25) is 0 Å². The van der Waals surface area contributed by atoms with Crippen molar-refractivity contribution in [2.45, 2.75) is 87.0 Å². The Bertz CT molecular complexity index is 679. The molecule has 0 aromatic carbocycles. The molecule has 0 spiro atoms. The van der Waals surface area contributed by atoms with Crippen LogP contribution in [0.25, 0.3) is 0 Å². The molecule has 1 fully saturated rings. The van der Waals surface area contributed by atoms with Crippen LogP contribution in [0.3, 0.4) is 0 Å². The third-order valence-corrected chi connectivity index (χ3v) is 5.44. The van der Waals surface area contributed by atoms with Crippen LogP contribution in [0.4, 0.5) is 5.82 Å². The molecule has 1 atom stereocenters. The Morgan fingerprint density at radius 1 is 1.05 bits per heavy atom. The Morgan fingerprint density at radius 3 is 2.08 bits per heavy atom. The van der Waals surface area contributed by atoms with E-state index in [0.29, 0.717) is 0 Å². The highest BCUT2D eigenvalue weighted by molar-refractivity contribution is 7.15. The zero-order valence-corrected chi connectivity index (χ0v) is 26.8. The number of nitrogens with zero attached hydrogens (tertiary/aromatic N) is 4. The van der Waals surface area contributed by atoms with E-state index in [2.05, 4.69) is 107 Å². The lowest BCUT2D eigenvalue weighted by Gasteiger charge is -2.36. The summed E-state index contributed by atoms with van der Waals surface area (Å²) >= 11 is 0. The maximum absolute atomic E-state index is 4.67. The molecular formula is C31H60N5P. The smallest absolute Gasteiger partial charge is 0.135 e. The Labute approximate surface area is 234 Å². The largest absolute Gasteiger partial charge is 0.354 e. The summed E-state index contributed by atoms with van der Waals surface area (Å²) < 4.78 is 0. The SMILES string of the molecule is C#C.C/C=C\CCNCCc1c(CC)ncnc1N1CCN(CCC)CC1.C=C(C)CC.CCC.CP. The number of anilines is 1. The third-order valence-electron chi connectivity index (χ3n) is 5.44. The predicted molar refractivity (Wildman–Crippen MR) is 173 cm³/mol. The highest BCUT2D eigenvalue weighted by Gasteiger charge is 2.21. The first-order valence-corrected chi connectivity index (χ1v) is 15.3. The van der Waals surface area contributed by atoms with Gasteiger partial charge in [0.15, 0.2) is 0 Å². The number of rotatable bonds is 11.